The monoisotopic (exact) mass is 387 g/mol. The molecule has 0 aliphatic carbocycles. The van der Waals surface area contributed by atoms with Crippen LogP contribution < -0.4 is 5.32 Å². The summed E-state index contributed by atoms with van der Waals surface area (Å²) in [7, 11) is 0. The molecule has 0 bridgehead atoms. The number of pyridine rings is 1. The standard InChI is InChI=1S/C19H13N7O3/c27-18(16-5-7-21-11-22-16)23-12-2-1-3-13(8-12)26-10-17(24-25-26)15-9-20-6-4-14(15)19(28)29/h1-11H,(H,23,27)(H,28,29). The van der Waals surface area contributed by atoms with Gasteiger partial charge in [0.25, 0.3) is 5.91 Å². The molecule has 0 unspecified atom stereocenters. The second kappa shape index (κ2) is 7.64. The van der Waals surface area contributed by atoms with Gasteiger partial charge in [0.15, 0.2) is 0 Å². The maximum atomic E-state index is 12.3. The lowest BCUT2D eigenvalue weighted by atomic mass is 10.1. The first-order chi connectivity index (χ1) is 14.1. The molecule has 0 aliphatic rings. The highest BCUT2D eigenvalue weighted by atomic mass is 16.4. The third kappa shape index (κ3) is 3.81. The van der Waals surface area contributed by atoms with E-state index in [1.165, 1.54) is 41.7 Å². The number of nitrogens with zero attached hydrogens (tertiary/aromatic N) is 6. The molecule has 29 heavy (non-hydrogen) atoms. The topological polar surface area (TPSA) is 136 Å². The summed E-state index contributed by atoms with van der Waals surface area (Å²) in [4.78, 5) is 35.3. The fourth-order valence-corrected chi connectivity index (χ4v) is 2.64. The zero-order chi connectivity index (χ0) is 20.2. The summed E-state index contributed by atoms with van der Waals surface area (Å²) in [5.41, 5.74) is 2.22. The number of carbonyl (C=O) groups is 2. The minimum Gasteiger partial charge on any atom is -0.478 e. The molecule has 10 heteroatoms. The average Bonchev–Trinajstić information content (AvgIpc) is 3.25. The van der Waals surface area contributed by atoms with Crippen molar-refractivity contribution in [3.8, 4) is 16.9 Å². The molecule has 0 spiro atoms. The number of anilines is 1. The van der Waals surface area contributed by atoms with Crippen LogP contribution in [0.2, 0.25) is 0 Å². The Kier molecular flexibility index (Phi) is 4.72. The van der Waals surface area contributed by atoms with Crippen LogP contribution in [0.4, 0.5) is 5.69 Å². The zero-order valence-corrected chi connectivity index (χ0v) is 14.8. The molecule has 4 aromatic rings. The van der Waals surface area contributed by atoms with Gasteiger partial charge >= 0.3 is 5.97 Å². The van der Waals surface area contributed by atoms with E-state index in [-0.39, 0.29) is 17.2 Å². The lowest BCUT2D eigenvalue weighted by Crippen LogP contribution is -2.13. The maximum absolute atomic E-state index is 12.3. The number of amides is 1. The van der Waals surface area contributed by atoms with Gasteiger partial charge < -0.3 is 10.4 Å². The molecule has 0 aliphatic heterocycles. The Balaban J connectivity index is 1.60. The summed E-state index contributed by atoms with van der Waals surface area (Å²) in [5.74, 6) is -1.45. The second-order valence-corrected chi connectivity index (χ2v) is 5.87. The van der Waals surface area contributed by atoms with E-state index in [2.05, 4.69) is 30.6 Å². The van der Waals surface area contributed by atoms with Crippen molar-refractivity contribution in [2.45, 2.75) is 0 Å². The largest absolute Gasteiger partial charge is 0.478 e. The predicted octanol–water partition coefficient (Wildman–Crippen LogP) is 2.07. The van der Waals surface area contributed by atoms with Crippen LogP contribution >= 0.6 is 0 Å². The fraction of sp³-hybridized carbons (Fsp3) is 0. The highest BCUT2D eigenvalue weighted by Crippen LogP contribution is 2.22. The van der Waals surface area contributed by atoms with Crippen molar-refractivity contribution >= 4 is 17.6 Å². The SMILES string of the molecule is O=C(Nc1cccc(-n2cc(-c3cnccc3C(=O)O)nn2)c1)c1ccncn1. The molecule has 0 saturated heterocycles. The van der Waals surface area contributed by atoms with Crippen molar-refractivity contribution in [3.05, 3.63) is 78.8 Å². The second-order valence-electron chi connectivity index (χ2n) is 5.87. The molecule has 2 N–H and O–H groups in total. The minimum atomic E-state index is -1.08. The van der Waals surface area contributed by atoms with Gasteiger partial charge in [0.2, 0.25) is 0 Å². The summed E-state index contributed by atoms with van der Waals surface area (Å²) >= 11 is 0. The van der Waals surface area contributed by atoms with Crippen LogP contribution in [-0.2, 0) is 0 Å². The van der Waals surface area contributed by atoms with Crippen LogP contribution in [0.1, 0.15) is 20.8 Å². The number of nitrogens with one attached hydrogen (secondary N) is 1. The van der Waals surface area contributed by atoms with E-state index in [1.54, 1.807) is 30.5 Å². The first-order valence-electron chi connectivity index (χ1n) is 8.39. The fourth-order valence-electron chi connectivity index (χ4n) is 2.64. The van der Waals surface area contributed by atoms with Crippen molar-refractivity contribution in [3.63, 3.8) is 0 Å². The van der Waals surface area contributed by atoms with Crippen LogP contribution in [0, 0.1) is 0 Å². The molecule has 142 valence electrons. The lowest BCUT2D eigenvalue weighted by molar-refractivity contribution is 0.0697. The number of carboxylic acid groups (broad SMARTS) is 1. The van der Waals surface area contributed by atoms with Gasteiger partial charge in [-0.15, -0.1) is 5.10 Å². The first kappa shape index (κ1) is 17.9. The third-order valence-corrected chi connectivity index (χ3v) is 4.00. The van der Waals surface area contributed by atoms with Gasteiger partial charge in [-0.1, -0.05) is 11.3 Å². The van der Waals surface area contributed by atoms with Crippen molar-refractivity contribution in [2.24, 2.45) is 0 Å². The molecular formula is C19H13N7O3. The Morgan fingerprint density at radius 2 is 1.93 bits per heavy atom. The van der Waals surface area contributed by atoms with Gasteiger partial charge in [-0.2, -0.15) is 0 Å². The zero-order valence-electron chi connectivity index (χ0n) is 14.8. The van der Waals surface area contributed by atoms with E-state index in [1.807, 2.05) is 0 Å². The van der Waals surface area contributed by atoms with Crippen LogP contribution in [0.15, 0.2) is 67.5 Å². The number of aromatic carboxylic acids is 1. The van der Waals surface area contributed by atoms with E-state index >= 15 is 0 Å². The number of carboxylic acids is 1. The molecule has 0 saturated carbocycles. The lowest BCUT2D eigenvalue weighted by Gasteiger charge is -2.06. The Morgan fingerprint density at radius 1 is 1.07 bits per heavy atom. The number of rotatable bonds is 5. The van der Waals surface area contributed by atoms with Gasteiger partial charge in [-0.05, 0) is 30.3 Å². The Morgan fingerprint density at radius 3 is 2.72 bits per heavy atom. The van der Waals surface area contributed by atoms with Gasteiger partial charge in [0, 0.05) is 29.8 Å². The first-order valence-corrected chi connectivity index (χ1v) is 8.39. The number of carbonyl (C=O) groups excluding carboxylic acids is 1. The number of hydrogen-bond donors (Lipinski definition) is 2. The molecule has 0 radical (unpaired) electrons. The number of benzene rings is 1. The normalized spacial score (nSPS) is 10.5. The minimum absolute atomic E-state index is 0.0814. The maximum Gasteiger partial charge on any atom is 0.336 e. The highest BCUT2D eigenvalue weighted by molar-refractivity contribution is 6.02. The van der Waals surface area contributed by atoms with E-state index in [0.717, 1.165) is 0 Å². The molecule has 0 fully saturated rings. The van der Waals surface area contributed by atoms with Gasteiger partial charge in [0.1, 0.15) is 17.7 Å². The van der Waals surface area contributed by atoms with Crippen LogP contribution in [-0.4, -0.2) is 46.9 Å². The Hall–Kier alpha value is -4.47. The third-order valence-electron chi connectivity index (χ3n) is 4.00. The van der Waals surface area contributed by atoms with Gasteiger partial charge in [-0.25, -0.2) is 19.4 Å². The molecule has 1 amide bonds. The number of hydrogen-bond acceptors (Lipinski definition) is 7. The van der Waals surface area contributed by atoms with Gasteiger partial charge in [0.05, 0.1) is 17.4 Å². The summed E-state index contributed by atoms with van der Waals surface area (Å²) in [6.07, 6.45) is 7.21. The summed E-state index contributed by atoms with van der Waals surface area (Å²) in [5, 5.41) is 20.2. The summed E-state index contributed by atoms with van der Waals surface area (Å²) in [6.45, 7) is 0. The Labute approximate surface area is 163 Å². The van der Waals surface area contributed by atoms with Gasteiger partial charge in [-0.3, -0.25) is 9.78 Å². The van der Waals surface area contributed by atoms with E-state index in [9.17, 15) is 14.7 Å². The van der Waals surface area contributed by atoms with Crippen molar-refractivity contribution in [1.29, 1.82) is 0 Å². The van der Waals surface area contributed by atoms with Crippen molar-refractivity contribution in [1.82, 2.24) is 29.9 Å². The van der Waals surface area contributed by atoms with Crippen LogP contribution in [0.3, 0.4) is 0 Å². The quantitative estimate of drug-likeness (QED) is 0.531. The average molecular weight is 387 g/mol. The molecular weight excluding hydrogens is 374 g/mol. The van der Waals surface area contributed by atoms with E-state index in [0.29, 0.717) is 22.6 Å². The molecule has 3 heterocycles. The molecule has 3 aromatic heterocycles. The predicted molar refractivity (Wildman–Crippen MR) is 102 cm³/mol. The molecule has 0 atom stereocenters. The molecule has 1 aromatic carbocycles. The van der Waals surface area contributed by atoms with E-state index < -0.39 is 5.97 Å². The molecule has 4 rings (SSSR count). The highest BCUT2D eigenvalue weighted by Gasteiger charge is 2.15. The number of aromatic nitrogens is 6. The Bertz CT molecular complexity index is 1190. The van der Waals surface area contributed by atoms with E-state index in [4.69, 9.17) is 0 Å². The van der Waals surface area contributed by atoms with Crippen molar-refractivity contribution in [2.75, 3.05) is 5.32 Å². The van der Waals surface area contributed by atoms with Crippen molar-refractivity contribution < 1.29 is 14.7 Å². The smallest absolute Gasteiger partial charge is 0.336 e. The van der Waals surface area contributed by atoms with Crippen LogP contribution in [0.25, 0.3) is 16.9 Å². The van der Waals surface area contributed by atoms with Crippen LogP contribution in [0.5, 0.6) is 0 Å². The molecule has 10 nitrogen and oxygen atoms in total. The summed E-state index contributed by atoms with van der Waals surface area (Å²) < 4.78 is 1.48. The summed E-state index contributed by atoms with van der Waals surface area (Å²) in [6, 6.07) is 9.87.